The highest BCUT2D eigenvalue weighted by atomic mass is 16.3. The lowest BCUT2D eigenvalue weighted by molar-refractivity contribution is 0.421. The van der Waals surface area contributed by atoms with Crippen LogP contribution in [0.25, 0.3) is 11.0 Å². The maximum Gasteiger partial charge on any atom is 0.134 e. The van der Waals surface area contributed by atoms with Crippen LogP contribution in [0, 0.1) is 0 Å². The van der Waals surface area contributed by atoms with Gasteiger partial charge in [-0.2, -0.15) is 0 Å². The van der Waals surface area contributed by atoms with Crippen LogP contribution in [0.2, 0.25) is 0 Å². The standard InChI is InChI=1S/C15H20O/c1-10(2)13-11-8-6-7-9-12(11)16-14(13)15(3,4)5/h6-10H,1-5H3. The van der Waals surface area contributed by atoms with E-state index in [1.54, 1.807) is 0 Å². The minimum absolute atomic E-state index is 0.0681. The summed E-state index contributed by atoms with van der Waals surface area (Å²) < 4.78 is 6.02. The van der Waals surface area contributed by atoms with Crippen molar-refractivity contribution in [2.45, 2.75) is 46.0 Å². The van der Waals surface area contributed by atoms with Gasteiger partial charge in [-0.25, -0.2) is 0 Å². The molecule has 0 bridgehead atoms. The summed E-state index contributed by atoms with van der Waals surface area (Å²) in [5, 5.41) is 1.27. The summed E-state index contributed by atoms with van der Waals surface area (Å²) in [7, 11) is 0. The molecule has 0 saturated heterocycles. The maximum absolute atomic E-state index is 6.02. The second-order valence-corrected chi connectivity index (χ2v) is 5.75. The fourth-order valence-corrected chi connectivity index (χ4v) is 2.20. The number of benzene rings is 1. The van der Waals surface area contributed by atoms with Gasteiger partial charge in [0.05, 0.1) is 0 Å². The summed E-state index contributed by atoms with van der Waals surface area (Å²) in [6, 6.07) is 8.32. The van der Waals surface area contributed by atoms with Crippen molar-refractivity contribution in [3.05, 3.63) is 35.6 Å². The summed E-state index contributed by atoms with van der Waals surface area (Å²) in [5.41, 5.74) is 2.44. The Labute approximate surface area is 97.5 Å². The van der Waals surface area contributed by atoms with Crippen LogP contribution in [0.3, 0.4) is 0 Å². The zero-order chi connectivity index (χ0) is 11.9. The maximum atomic E-state index is 6.02. The molecule has 0 aliphatic rings. The molecule has 0 aliphatic heterocycles. The van der Waals surface area contributed by atoms with Gasteiger partial charge in [-0.15, -0.1) is 0 Å². The Kier molecular flexibility index (Phi) is 2.57. The molecule has 86 valence electrons. The van der Waals surface area contributed by atoms with Crippen molar-refractivity contribution in [1.29, 1.82) is 0 Å². The Morgan fingerprint density at radius 1 is 1.06 bits per heavy atom. The van der Waals surface area contributed by atoms with Crippen LogP contribution in [0.5, 0.6) is 0 Å². The summed E-state index contributed by atoms with van der Waals surface area (Å²) in [6.07, 6.45) is 0. The number of rotatable bonds is 1. The minimum atomic E-state index is 0.0681. The van der Waals surface area contributed by atoms with E-state index in [0.717, 1.165) is 11.3 Å². The zero-order valence-corrected chi connectivity index (χ0v) is 10.8. The molecule has 1 nitrogen and oxygen atoms in total. The van der Waals surface area contributed by atoms with Gasteiger partial charge in [-0.3, -0.25) is 0 Å². The molecule has 0 amide bonds. The normalized spacial score (nSPS) is 12.6. The van der Waals surface area contributed by atoms with E-state index in [2.05, 4.69) is 52.8 Å². The Morgan fingerprint density at radius 3 is 2.25 bits per heavy atom. The molecule has 0 spiro atoms. The van der Waals surface area contributed by atoms with E-state index in [-0.39, 0.29) is 5.41 Å². The lowest BCUT2D eigenvalue weighted by Crippen LogP contribution is -2.12. The molecular weight excluding hydrogens is 196 g/mol. The Morgan fingerprint density at radius 2 is 1.69 bits per heavy atom. The van der Waals surface area contributed by atoms with Gasteiger partial charge in [0.1, 0.15) is 11.3 Å². The lowest BCUT2D eigenvalue weighted by Gasteiger charge is -2.19. The smallest absolute Gasteiger partial charge is 0.134 e. The molecule has 0 aliphatic carbocycles. The third kappa shape index (κ3) is 1.75. The van der Waals surface area contributed by atoms with Crippen molar-refractivity contribution in [2.75, 3.05) is 0 Å². The molecule has 0 unspecified atom stereocenters. The van der Waals surface area contributed by atoms with E-state index in [0.29, 0.717) is 5.92 Å². The third-order valence-electron chi connectivity index (χ3n) is 2.89. The topological polar surface area (TPSA) is 13.1 Å². The molecule has 16 heavy (non-hydrogen) atoms. The van der Waals surface area contributed by atoms with E-state index in [9.17, 15) is 0 Å². The molecule has 2 rings (SSSR count). The van der Waals surface area contributed by atoms with Crippen molar-refractivity contribution in [1.82, 2.24) is 0 Å². The fraction of sp³-hybridized carbons (Fsp3) is 0.467. The van der Waals surface area contributed by atoms with Crippen molar-refractivity contribution in [2.24, 2.45) is 0 Å². The van der Waals surface area contributed by atoms with Gasteiger partial charge in [0, 0.05) is 16.4 Å². The van der Waals surface area contributed by atoms with Gasteiger partial charge in [0.25, 0.3) is 0 Å². The lowest BCUT2D eigenvalue weighted by atomic mass is 9.86. The molecule has 1 heterocycles. The van der Waals surface area contributed by atoms with E-state index < -0.39 is 0 Å². The number of hydrogen-bond donors (Lipinski definition) is 0. The van der Waals surface area contributed by atoms with Gasteiger partial charge in [0.15, 0.2) is 0 Å². The molecule has 2 aromatic rings. The molecule has 1 aromatic heterocycles. The van der Waals surface area contributed by atoms with E-state index in [1.165, 1.54) is 10.9 Å². The molecular formula is C15H20O. The highest BCUT2D eigenvalue weighted by molar-refractivity contribution is 5.83. The van der Waals surface area contributed by atoms with Crippen LogP contribution in [0.15, 0.2) is 28.7 Å². The highest BCUT2D eigenvalue weighted by Gasteiger charge is 2.26. The first-order valence-electron chi connectivity index (χ1n) is 5.93. The second-order valence-electron chi connectivity index (χ2n) is 5.75. The number of hydrogen-bond acceptors (Lipinski definition) is 1. The predicted molar refractivity (Wildman–Crippen MR) is 69.0 cm³/mol. The monoisotopic (exact) mass is 216 g/mol. The second kappa shape index (κ2) is 3.65. The van der Waals surface area contributed by atoms with Crippen molar-refractivity contribution >= 4 is 11.0 Å². The van der Waals surface area contributed by atoms with Crippen molar-refractivity contribution in [3.63, 3.8) is 0 Å². The van der Waals surface area contributed by atoms with Crippen molar-refractivity contribution < 1.29 is 4.42 Å². The van der Waals surface area contributed by atoms with Gasteiger partial charge >= 0.3 is 0 Å². The van der Waals surface area contributed by atoms with Gasteiger partial charge < -0.3 is 4.42 Å². The number of fused-ring (bicyclic) bond motifs is 1. The largest absolute Gasteiger partial charge is 0.460 e. The molecule has 0 saturated carbocycles. The predicted octanol–water partition coefficient (Wildman–Crippen LogP) is 4.85. The van der Waals surface area contributed by atoms with E-state index >= 15 is 0 Å². The van der Waals surface area contributed by atoms with E-state index in [4.69, 9.17) is 4.42 Å². The summed E-state index contributed by atoms with van der Waals surface area (Å²) >= 11 is 0. The Hall–Kier alpha value is -1.24. The van der Waals surface area contributed by atoms with E-state index in [1.807, 2.05) is 6.07 Å². The zero-order valence-electron chi connectivity index (χ0n) is 10.8. The average molecular weight is 216 g/mol. The molecule has 0 N–H and O–H groups in total. The van der Waals surface area contributed by atoms with Crippen LogP contribution >= 0.6 is 0 Å². The number of furan rings is 1. The molecule has 1 heteroatoms. The first-order chi connectivity index (χ1) is 7.41. The van der Waals surface area contributed by atoms with Crippen LogP contribution < -0.4 is 0 Å². The molecule has 0 radical (unpaired) electrons. The first-order valence-corrected chi connectivity index (χ1v) is 5.93. The molecule has 0 atom stereocenters. The summed E-state index contributed by atoms with van der Waals surface area (Å²) in [5.74, 6) is 1.63. The first kappa shape index (κ1) is 11.3. The van der Waals surface area contributed by atoms with Crippen LogP contribution in [0.4, 0.5) is 0 Å². The molecule has 1 aromatic carbocycles. The number of para-hydroxylation sites is 1. The Bertz CT molecular complexity index is 498. The van der Waals surface area contributed by atoms with Gasteiger partial charge in [-0.05, 0) is 12.0 Å². The average Bonchev–Trinajstić information content (AvgIpc) is 2.55. The quantitative estimate of drug-likeness (QED) is 0.664. The molecule has 0 fully saturated rings. The van der Waals surface area contributed by atoms with Crippen molar-refractivity contribution in [3.8, 4) is 0 Å². The van der Waals surface area contributed by atoms with Crippen LogP contribution in [0.1, 0.15) is 51.9 Å². The SMILES string of the molecule is CC(C)c1c(C(C)(C)C)oc2ccccc12. The summed E-state index contributed by atoms with van der Waals surface area (Å²) in [4.78, 5) is 0. The van der Waals surface area contributed by atoms with Crippen LogP contribution in [-0.2, 0) is 5.41 Å². The van der Waals surface area contributed by atoms with Gasteiger partial charge in [-0.1, -0.05) is 52.8 Å². The minimum Gasteiger partial charge on any atom is -0.460 e. The third-order valence-corrected chi connectivity index (χ3v) is 2.89. The fourth-order valence-electron chi connectivity index (χ4n) is 2.20. The highest BCUT2D eigenvalue weighted by Crippen LogP contribution is 2.38. The van der Waals surface area contributed by atoms with Gasteiger partial charge in [0.2, 0.25) is 0 Å². The van der Waals surface area contributed by atoms with Crippen LogP contribution in [-0.4, -0.2) is 0 Å². The summed E-state index contributed by atoms with van der Waals surface area (Å²) in [6.45, 7) is 11.1. The Balaban J connectivity index is 2.78.